The molecule has 1 rings (SSSR count). The first-order valence-electron chi connectivity index (χ1n) is 6.50. The summed E-state index contributed by atoms with van der Waals surface area (Å²) in [5.74, 6) is -0.720. The summed E-state index contributed by atoms with van der Waals surface area (Å²) in [5.41, 5.74) is -0.0261. The first kappa shape index (κ1) is 15.4. The highest BCUT2D eigenvalue weighted by atomic mass is 16.4. The largest absolute Gasteiger partial charge is 0.476 e. The molecule has 0 atom stereocenters. The molecule has 6 heteroatoms. The van der Waals surface area contributed by atoms with Crippen molar-refractivity contribution < 1.29 is 9.90 Å². The van der Waals surface area contributed by atoms with Crippen molar-refractivity contribution in [3.05, 3.63) is 18.1 Å². The van der Waals surface area contributed by atoms with Gasteiger partial charge < -0.3 is 15.3 Å². The molecule has 19 heavy (non-hydrogen) atoms. The molecule has 106 valence electrons. The molecule has 1 aromatic rings. The van der Waals surface area contributed by atoms with Crippen molar-refractivity contribution in [2.75, 3.05) is 25.5 Å². The molecule has 0 saturated carbocycles. The number of nitrogens with one attached hydrogen (secondary N) is 1. The molecule has 0 bridgehead atoms. The Balaban J connectivity index is 2.32. The Morgan fingerprint density at radius 3 is 2.68 bits per heavy atom. The van der Waals surface area contributed by atoms with Crippen molar-refractivity contribution in [1.82, 2.24) is 14.9 Å². The van der Waals surface area contributed by atoms with Crippen LogP contribution in [-0.4, -0.2) is 52.1 Å². The Bertz CT molecular complexity index is 409. The number of aromatic carboxylic acids is 1. The predicted octanol–water partition coefficient (Wildman–Crippen LogP) is 1.71. The zero-order valence-corrected chi connectivity index (χ0v) is 11.8. The van der Waals surface area contributed by atoms with Crippen LogP contribution < -0.4 is 5.32 Å². The number of anilines is 1. The highest BCUT2D eigenvalue weighted by Crippen LogP contribution is 2.08. The van der Waals surface area contributed by atoms with Gasteiger partial charge in [-0.3, -0.25) is 0 Å². The van der Waals surface area contributed by atoms with Gasteiger partial charge in [0.2, 0.25) is 0 Å². The number of carboxylic acid groups (broad SMARTS) is 1. The molecular formula is C13H22N4O2. The fourth-order valence-electron chi connectivity index (χ4n) is 1.58. The van der Waals surface area contributed by atoms with E-state index in [9.17, 15) is 4.79 Å². The van der Waals surface area contributed by atoms with E-state index in [4.69, 9.17) is 5.11 Å². The molecular weight excluding hydrogens is 244 g/mol. The van der Waals surface area contributed by atoms with Crippen LogP contribution in [0.1, 0.15) is 37.2 Å². The van der Waals surface area contributed by atoms with Gasteiger partial charge in [-0.2, -0.15) is 0 Å². The topological polar surface area (TPSA) is 78.3 Å². The van der Waals surface area contributed by atoms with Crippen molar-refractivity contribution in [1.29, 1.82) is 0 Å². The Morgan fingerprint density at radius 2 is 2.05 bits per heavy atom. The molecule has 2 N–H and O–H groups in total. The lowest BCUT2D eigenvalue weighted by atomic mass is 10.2. The van der Waals surface area contributed by atoms with Gasteiger partial charge in [0.25, 0.3) is 0 Å². The van der Waals surface area contributed by atoms with E-state index < -0.39 is 5.97 Å². The number of aromatic nitrogens is 2. The SMILES string of the molecule is CC(C)N(C)CCCCNc1nccnc1C(=O)O. The zero-order valence-electron chi connectivity index (χ0n) is 11.8. The molecule has 1 heterocycles. The summed E-state index contributed by atoms with van der Waals surface area (Å²) in [5, 5.41) is 12.0. The molecule has 0 aliphatic carbocycles. The van der Waals surface area contributed by atoms with E-state index in [1.54, 1.807) is 0 Å². The maximum atomic E-state index is 10.9. The maximum absolute atomic E-state index is 10.9. The number of carboxylic acids is 1. The van der Waals surface area contributed by atoms with E-state index in [-0.39, 0.29) is 5.69 Å². The monoisotopic (exact) mass is 266 g/mol. The van der Waals surface area contributed by atoms with Crippen LogP contribution in [-0.2, 0) is 0 Å². The first-order chi connectivity index (χ1) is 9.02. The lowest BCUT2D eigenvalue weighted by Gasteiger charge is -2.20. The quantitative estimate of drug-likeness (QED) is 0.697. The number of hydrogen-bond donors (Lipinski definition) is 2. The van der Waals surface area contributed by atoms with Gasteiger partial charge in [0.05, 0.1) is 0 Å². The third-order valence-corrected chi connectivity index (χ3v) is 3.01. The van der Waals surface area contributed by atoms with Crippen molar-refractivity contribution in [2.45, 2.75) is 32.7 Å². The smallest absolute Gasteiger partial charge is 0.358 e. The van der Waals surface area contributed by atoms with E-state index in [2.05, 4.69) is 41.1 Å². The molecule has 0 aliphatic heterocycles. The molecule has 6 nitrogen and oxygen atoms in total. The second-order valence-electron chi connectivity index (χ2n) is 4.77. The summed E-state index contributed by atoms with van der Waals surface area (Å²) in [7, 11) is 2.10. The van der Waals surface area contributed by atoms with Crippen LogP contribution in [0.25, 0.3) is 0 Å². The van der Waals surface area contributed by atoms with Gasteiger partial charge >= 0.3 is 5.97 Å². The van der Waals surface area contributed by atoms with Gasteiger partial charge in [0.15, 0.2) is 11.5 Å². The summed E-state index contributed by atoms with van der Waals surface area (Å²) in [6.07, 6.45) is 4.89. The Morgan fingerprint density at radius 1 is 1.37 bits per heavy atom. The first-order valence-corrected chi connectivity index (χ1v) is 6.50. The van der Waals surface area contributed by atoms with Gasteiger partial charge in [0, 0.05) is 25.0 Å². The number of nitrogens with zero attached hydrogens (tertiary/aromatic N) is 3. The van der Waals surface area contributed by atoms with E-state index in [1.165, 1.54) is 12.4 Å². The third-order valence-electron chi connectivity index (χ3n) is 3.01. The molecule has 0 aromatic carbocycles. The Kier molecular flexibility index (Phi) is 6.21. The normalized spacial score (nSPS) is 11.0. The standard InChI is InChI=1S/C13H22N4O2/c1-10(2)17(3)9-5-4-6-15-12-11(13(18)19)14-7-8-16-12/h7-8,10H,4-6,9H2,1-3H3,(H,15,16)(H,18,19). The van der Waals surface area contributed by atoms with Crippen molar-refractivity contribution in [3.8, 4) is 0 Å². The van der Waals surface area contributed by atoms with Crippen LogP contribution in [0.15, 0.2) is 12.4 Å². The van der Waals surface area contributed by atoms with Gasteiger partial charge in [-0.15, -0.1) is 0 Å². The minimum absolute atomic E-state index is 0.0261. The minimum Gasteiger partial charge on any atom is -0.476 e. The van der Waals surface area contributed by atoms with Gasteiger partial charge in [-0.25, -0.2) is 14.8 Å². The van der Waals surface area contributed by atoms with E-state index in [0.29, 0.717) is 18.4 Å². The lowest BCUT2D eigenvalue weighted by Crippen LogP contribution is -2.27. The molecule has 0 radical (unpaired) electrons. The molecule has 0 spiro atoms. The van der Waals surface area contributed by atoms with E-state index in [0.717, 1.165) is 19.4 Å². The maximum Gasteiger partial charge on any atom is 0.358 e. The molecule has 0 aliphatic rings. The van der Waals surface area contributed by atoms with Crippen LogP contribution in [0, 0.1) is 0 Å². The summed E-state index contributed by atoms with van der Waals surface area (Å²) in [4.78, 5) is 21.0. The Hall–Kier alpha value is -1.69. The van der Waals surface area contributed by atoms with E-state index >= 15 is 0 Å². The number of rotatable bonds is 8. The van der Waals surface area contributed by atoms with Crippen LogP contribution in [0.4, 0.5) is 5.82 Å². The molecule has 0 unspecified atom stereocenters. The van der Waals surface area contributed by atoms with Crippen LogP contribution in [0.5, 0.6) is 0 Å². The minimum atomic E-state index is -1.06. The summed E-state index contributed by atoms with van der Waals surface area (Å²) in [6.45, 7) is 6.06. The number of carbonyl (C=O) groups is 1. The fourth-order valence-corrected chi connectivity index (χ4v) is 1.58. The summed E-state index contributed by atoms with van der Waals surface area (Å²) in [6, 6.07) is 0.548. The van der Waals surface area contributed by atoms with Crippen molar-refractivity contribution in [3.63, 3.8) is 0 Å². The van der Waals surface area contributed by atoms with Crippen LogP contribution in [0.3, 0.4) is 0 Å². The van der Waals surface area contributed by atoms with Crippen LogP contribution in [0.2, 0.25) is 0 Å². The molecule has 0 fully saturated rings. The zero-order chi connectivity index (χ0) is 14.3. The molecule has 0 saturated heterocycles. The van der Waals surface area contributed by atoms with Crippen molar-refractivity contribution >= 4 is 11.8 Å². The molecule has 1 aromatic heterocycles. The Labute approximate surface area is 113 Å². The second kappa shape index (κ2) is 7.68. The van der Waals surface area contributed by atoms with E-state index in [1.807, 2.05) is 0 Å². The van der Waals surface area contributed by atoms with Gasteiger partial charge in [-0.05, 0) is 40.3 Å². The van der Waals surface area contributed by atoms with Gasteiger partial charge in [0.1, 0.15) is 0 Å². The predicted molar refractivity (Wildman–Crippen MR) is 74.5 cm³/mol. The average Bonchev–Trinajstić information content (AvgIpc) is 2.38. The highest BCUT2D eigenvalue weighted by Gasteiger charge is 2.11. The number of unbranched alkanes of at least 4 members (excludes halogenated alkanes) is 1. The van der Waals surface area contributed by atoms with Gasteiger partial charge in [-0.1, -0.05) is 0 Å². The fraction of sp³-hybridized carbons (Fsp3) is 0.615. The highest BCUT2D eigenvalue weighted by molar-refractivity contribution is 5.90. The van der Waals surface area contributed by atoms with Crippen molar-refractivity contribution in [2.24, 2.45) is 0 Å². The van der Waals surface area contributed by atoms with Crippen LogP contribution >= 0.6 is 0 Å². The second-order valence-corrected chi connectivity index (χ2v) is 4.77. The summed E-state index contributed by atoms with van der Waals surface area (Å²) < 4.78 is 0. The average molecular weight is 266 g/mol. The third kappa shape index (κ3) is 5.21. The number of hydrogen-bond acceptors (Lipinski definition) is 5. The lowest BCUT2D eigenvalue weighted by molar-refractivity contribution is 0.0691. The summed E-state index contributed by atoms with van der Waals surface area (Å²) >= 11 is 0. The molecule has 0 amide bonds.